The first-order valence-electron chi connectivity index (χ1n) is 6.19. The quantitative estimate of drug-likeness (QED) is 0.679. The molecule has 3 aromatic rings. The van der Waals surface area contributed by atoms with E-state index in [1.54, 1.807) is 6.07 Å². The van der Waals surface area contributed by atoms with Gasteiger partial charge in [0.15, 0.2) is 0 Å². The first-order valence-corrected chi connectivity index (χ1v) is 7.36. The van der Waals surface area contributed by atoms with Crippen LogP contribution in [0.4, 0.5) is 11.4 Å². The van der Waals surface area contributed by atoms with Crippen LogP contribution in [0.15, 0.2) is 53.1 Å². The minimum atomic E-state index is 0.479. The Morgan fingerprint density at radius 1 is 1.14 bits per heavy atom. The summed E-state index contributed by atoms with van der Waals surface area (Å²) in [5, 5.41) is 14.0. The van der Waals surface area contributed by atoms with Crippen LogP contribution in [0.3, 0.4) is 0 Å². The van der Waals surface area contributed by atoms with Crippen LogP contribution < -0.4 is 5.32 Å². The normalized spacial score (nSPS) is 10.3. The van der Waals surface area contributed by atoms with E-state index in [0.29, 0.717) is 21.8 Å². The number of anilines is 2. The molecule has 1 heterocycles. The highest BCUT2D eigenvalue weighted by atomic mass is 79.9. The molecule has 1 aromatic heterocycles. The standard InChI is InChI=1S/C16H9BrClN3/c17-11-4-6-12(7-5-11)21-15-10(8-19)9-20-16-13(15)2-1-3-14(16)18/h1-7,9H,(H,20,21). The Morgan fingerprint density at radius 3 is 2.62 bits per heavy atom. The number of aromatic nitrogens is 1. The Kier molecular flexibility index (Phi) is 3.78. The molecule has 0 unspecified atom stereocenters. The highest BCUT2D eigenvalue weighted by Crippen LogP contribution is 2.32. The molecule has 0 spiro atoms. The Labute approximate surface area is 135 Å². The molecule has 0 saturated carbocycles. The molecule has 3 nitrogen and oxygen atoms in total. The van der Waals surface area contributed by atoms with E-state index in [-0.39, 0.29) is 0 Å². The summed E-state index contributed by atoms with van der Waals surface area (Å²) < 4.78 is 0.996. The van der Waals surface area contributed by atoms with E-state index in [1.807, 2.05) is 36.4 Å². The van der Waals surface area contributed by atoms with Gasteiger partial charge in [0.05, 0.1) is 21.8 Å². The van der Waals surface area contributed by atoms with Gasteiger partial charge in [0.2, 0.25) is 0 Å². The second kappa shape index (κ2) is 5.72. The van der Waals surface area contributed by atoms with E-state index in [2.05, 4.69) is 32.3 Å². The maximum absolute atomic E-state index is 9.30. The number of hydrogen-bond donors (Lipinski definition) is 1. The van der Waals surface area contributed by atoms with Gasteiger partial charge in [-0.3, -0.25) is 4.98 Å². The van der Waals surface area contributed by atoms with Crippen molar-refractivity contribution in [1.82, 2.24) is 4.98 Å². The van der Waals surface area contributed by atoms with Gasteiger partial charge in [-0.1, -0.05) is 39.7 Å². The first kappa shape index (κ1) is 13.9. The van der Waals surface area contributed by atoms with Gasteiger partial charge in [0, 0.05) is 21.7 Å². The zero-order valence-corrected chi connectivity index (χ0v) is 13.1. The average molecular weight is 359 g/mol. The van der Waals surface area contributed by atoms with Crippen molar-refractivity contribution >= 4 is 49.8 Å². The fraction of sp³-hybridized carbons (Fsp3) is 0. The van der Waals surface area contributed by atoms with E-state index >= 15 is 0 Å². The van der Waals surface area contributed by atoms with Gasteiger partial charge in [0.25, 0.3) is 0 Å². The zero-order chi connectivity index (χ0) is 14.8. The Balaban J connectivity index is 2.18. The third-order valence-corrected chi connectivity index (χ3v) is 3.92. The number of nitriles is 1. The van der Waals surface area contributed by atoms with Crippen LogP contribution in [0, 0.1) is 11.3 Å². The molecule has 102 valence electrons. The van der Waals surface area contributed by atoms with Gasteiger partial charge in [-0.25, -0.2) is 0 Å². The molecule has 0 atom stereocenters. The van der Waals surface area contributed by atoms with Gasteiger partial charge in [-0.05, 0) is 30.3 Å². The highest BCUT2D eigenvalue weighted by Gasteiger charge is 2.11. The summed E-state index contributed by atoms with van der Waals surface area (Å²) in [5.41, 5.74) is 2.76. The van der Waals surface area contributed by atoms with Crippen LogP contribution in [0.25, 0.3) is 10.9 Å². The molecule has 0 radical (unpaired) electrons. The molecule has 0 aliphatic carbocycles. The number of rotatable bonds is 2. The maximum Gasteiger partial charge on any atom is 0.103 e. The summed E-state index contributed by atoms with van der Waals surface area (Å²) >= 11 is 9.57. The van der Waals surface area contributed by atoms with Crippen LogP contribution in [0.5, 0.6) is 0 Å². The summed E-state index contributed by atoms with van der Waals surface area (Å²) in [7, 11) is 0. The second-order valence-corrected chi connectivity index (χ2v) is 5.75. The molecular formula is C16H9BrClN3. The molecule has 5 heteroatoms. The number of hydrogen-bond acceptors (Lipinski definition) is 3. The van der Waals surface area contributed by atoms with E-state index in [4.69, 9.17) is 11.6 Å². The third-order valence-electron chi connectivity index (χ3n) is 3.08. The van der Waals surface area contributed by atoms with Crippen molar-refractivity contribution in [2.45, 2.75) is 0 Å². The smallest absolute Gasteiger partial charge is 0.103 e. The largest absolute Gasteiger partial charge is 0.354 e. The van der Waals surface area contributed by atoms with Crippen LogP contribution in [0.1, 0.15) is 5.56 Å². The van der Waals surface area contributed by atoms with E-state index in [0.717, 1.165) is 15.5 Å². The topological polar surface area (TPSA) is 48.7 Å². The van der Waals surface area contributed by atoms with Crippen molar-refractivity contribution in [3.8, 4) is 6.07 Å². The number of fused-ring (bicyclic) bond motifs is 1. The lowest BCUT2D eigenvalue weighted by Crippen LogP contribution is -1.96. The Hall–Kier alpha value is -2.09. The fourth-order valence-electron chi connectivity index (χ4n) is 2.08. The summed E-state index contributed by atoms with van der Waals surface area (Å²) in [6.07, 6.45) is 1.54. The van der Waals surface area contributed by atoms with E-state index in [1.165, 1.54) is 6.20 Å². The molecule has 0 saturated heterocycles. The molecule has 21 heavy (non-hydrogen) atoms. The van der Waals surface area contributed by atoms with E-state index in [9.17, 15) is 5.26 Å². The van der Waals surface area contributed by atoms with Gasteiger partial charge in [-0.2, -0.15) is 5.26 Å². The van der Waals surface area contributed by atoms with Gasteiger partial charge >= 0.3 is 0 Å². The van der Waals surface area contributed by atoms with Gasteiger partial charge < -0.3 is 5.32 Å². The molecule has 0 aliphatic rings. The minimum absolute atomic E-state index is 0.479. The molecule has 0 fully saturated rings. The van der Waals surface area contributed by atoms with Crippen LogP contribution in [-0.2, 0) is 0 Å². The molecule has 2 aromatic carbocycles. The second-order valence-electron chi connectivity index (χ2n) is 4.43. The van der Waals surface area contributed by atoms with Crippen molar-refractivity contribution in [3.05, 3.63) is 63.7 Å². The Morgan fingerprint density at radius 2 is 1.90 bits per heavy atom. The van der Waals surface area contributed by atoms with Crippen LogP contribution in [0.2, 0.25) is 5.02 Å². The molecular weight excluding hydrogens is 350 g/mol. The highest BCUT2D eigenvalue weighted by molar-refractivity contribution is 9.10. The summed E-state index contributed by atoms with van der Waals surface area (Å²) in [5.74, 6) is 0. The Bertz CT molecular complexity index is 854. The third kappa shape index (κ3) is 2.71. The van der Waals surface area contributed by atoms with Gasteiger partial charge in [0.1, 0.15) is 6.07 Å². The maximum atomic E-state index is 9.30. The van der Waals surface area contributed by atoms with Crippen molar-refractivity contribution < 1.29 is 0 Å². The summed E-state index contributed by atoms with van der Waals surface area (Å²) in [6.45, 7) is 0. The van der Waals surface area contributed by atoms with Crippen molar-refractivity contribution in [2.24, 2.45) is 0 Å². The van der Waals surface area contributed by atoms with Gasteiger partial charge in [-0.15, -0.1) is 0 Å². The number of nitrogens with one attached hydrogen (secondary N) is 1. The number of halogens is 2. The first-order chi connectivity index (χ1) is 10.2. The fourth-order valence-corrected chi connectivity index (χ4v) is 2.57. The molecule has 0 amide bonds. The zero-order valence-electron chi connectivity index (χ0n) is 10.8. The molecule has 0 bridgehead atoms. The number of nitrogens with zero attached hydrogens (tertiary/aromatic N) is 2. The minimum Gasteiger partial charge on any atom is -0.354 e. The number of benzene rings is 2. The predicted octanol–water partition coefficient (Wildman–Crippen LogP) is 5.27. The molecule has 1 N–H and O–H groups in total. The van der Waals surface area contributed by atoms with Crippen LogP contribution >= 0.6 is 27.5 Å². The number of pyridine rings is 1. The van der Waals surface area contributed by atoms with Crippen molar-refractivity contribution in [2.75, 3.05) is 5.32 Å². The number of para-hydroxylation sites is 1. The average Bonchev–Trinajstić information content (AvgIpc) is 2.50. The SMILES string of the molecule is N#Cc1cnc2c(Cl)cccc2c1Nc1ccc(Br)cc1. The summed E-state index contributed by atoms with van der Waals surface area (Å²) in [4.78, 5) is 4.27. The lowest BCUT2D eigenvalue weighted by atomic mass is 10.1. The molecule has 0 aliphatic heterocycles. The van der Waals surface area contributed by atoms with Crippen LogP contribution in [-0.4, -0.2) is 4.98 Å². The van der Waals surface area contributed by atoms with Crippen molar-refractivity contribution in [3.63, 3.8) is 0 Å². The van der Waals surface area contributed by atoms with E-state index < -0.39 is 0 Å². The lowest BCUT2D eigenvalue weighted by Gasteiger charge is -2.12. The summed E-state index contributed by atoms with van der Waals surface area (Å²) in [6, 6.07) is 15.4. The lowest BCUT2D eigenvalue weighted by molar-refractivity contribution is 1.36. The monoisotopic (exact) mass is 357 g/mol. The predicted molar refractivity (Wildman–Crippen MR) is 88.9 cm³/mol. The molecule has 3 rings (SSSR count). The van der Waals surface area contributed by atoms with Crippen molar-refractivity contribution in [1.29, 1.82) is 5.26 Å².